The molecule has 0 atom stereocenters. The fourth-order valence-corrected chi connectivity index (χ4v) is 3.16. The maximum absolute atomic E-state index is 10.6. The molecule has 0 aliphatic rings. The first kappa shape index (κ1) is 14.9. The van der Waals surface area contributed by atoms with Gasteiger partial charge in [-0.1, -0.05) is 0 Å². The fourth-order valence-electron chi connectivity index (χ4n) is 1.62. The van der Waals surface area contributed by atoms with Crippen LogP contribution in [0.4, 0.5) is 5.69 Å². The third kappa shape index (κ3) is 4.25. The van der Waals surface area contributed by atoms with Crippen LogP contribution >= 0.6 is 27.3 Å². The second kappa shape index (κ2) is 6.76. The molecule has 0 saturated heterocycles. The Hall–Kier alpha value is -1.53. The minimum Gasteiger partial charge on any atom is -0.484 e. The number of carbonyl (C=O) groups is 1. The molecule has 2 aromatic rings. The van der Waals surface area contributed by atoms with Crippen LogP contribution in [0.25, 0.3) is 0 Å². The van der Waals surface area contributed by atoms with Gasteiger partial charge in [-0.05, 0) is 53.2 Å². The first-order valence-electron chi connectivity index (χ1n) is 6.04. The van der Waals surface area contributed by atoms with E-state index in [9.17, 15) is 4.79 Å². The normalized spacial score (nSPS) is 10.3. The number of anilines is 1. The summed E-state index contributed by atoms with van der Waals surface area (Å²) in [4.78, 5) is 13.2. The zero-order valence-electron chi connectivity index (χ0n) is 11.0. The van der Waals surface area contributed by atoms with Crippen molar-refractivity contribution in [1.29, 1.82) is 0 Å². The summed E-state index contributed by atoms with van der Waals surface area (Å²) in [5, 5.41) is 3.34. The maximum atomic E-state index is 10.6. The van der Waals surface area contributed by atoms with Gasteiger partial charge in [0.15, 0.2) is 6.61 Å². The van der Waals surface area contributed by atoms with Gasteiger partial charge in [-0.15, -0.1) is 11.3 Å². The smallest absolute Gasteiger partial charge is 0.255 e. The molecule has 4 nitrogen and oxygen atoms in total. The zero-order chi connectivity index (χ0) is 14.5. The Morgan fingerprint density at radius 1 is 1.40 bits per heavy atom. The van der Waals surface area contributed by atoms with Crippen LogP contribution in [0.2, 0.25) is 0 Å². The lowest BCUT2D eigenvalue weighted by atomic mass is 10.3. The molecule has 0 spiro atoms. The van der Waals surface area contributed by atoms with Crippen LogP contribution in [0.1, 0.15) is 9.75 Å². The van der Waals surface area contributed by atoms with E-state index in [1.165, 1.54) is 9.75 Å². The van der Waals surface area contributed by atoms with Crippen molar-refractivity contribution >= 4 is 38.9 Å². The number of thiophene rings is 1. The van der Waals surface area contributed by atoms with E-state index < -0.39 is 5.91 Å². The van der Waals surface area contributed by atoms with E-state index in [-0.39, 0.29) is 6.61 Å². The molecule has 1 heterocycles. The molecular formula is C14H15BrN2O2S. The van der Waals surface area contributed by atoms with Crippen molar-refractivity contribution in [3.05, 3.63) is 44.6 Å². The Bertz CT molecular complexity index is 576. The van der Waals surface area contributed by atoms with Crippen LogP contribution in [0.3, 0.4) is 0 Å². The van der Waals surface area contributed by atoms with Gasteiger partial charge in [0.25, 0.3) is 5.91 Å². The maximum Gasteiger partial charge on any atom is 0.255 e. The number of nitrogens with one attached hydrogen (secondary N) is 1. The van der Waals surface area contributed by atoms with E-state index in [1.54, 1.807) is 23.5 Å². The van der Waals surface area contributed by atoms with Gasteiger partial charge in [0.05, 0.1) is 0 Å². The highest BCUT2D eigenvalue weighted by Gasteiger charge is 2.03. The van der Waals surface area contributed by atoms with E-state index in [0.717, 1.165) is 16.7 Å². The van der Waals surface area contributed by atoms with Gasteiger partial charge < -0.3 is 15.8 Å². The number of hydrogen-bond acceptors (Lipinski definition) is 4. The van der Waals surface area contributed by atoms with Gasteiger partial charge in [-0.25, -0.2) is 0 Å². The van der Waals surface area contributed by atoms with Gasteiger partial charge in [0.1, 0.15) is 5.75 Å². The molecule has 3 N–H and O–H groups in total. The fraction of sp³-hybridized carbons (Fsp3) is 0.214. The Labute approximate surface area is 130 Å². The van der Waals surface area contributed by atoms with E-state index in [0.29, 0.717) is 5.75 Å². The van der Waals surface area contributed by atoms with Gasteiger partial charge >= 0.3 is 0 Å². The van der Waals surface area contributed by atoms with Crippen molar-refractivity contribution in [1.82, 2.24) is 0 Å². The lowest BCUT2D eigenvalue weighted by molar-refractivity contribution is -0.119. The number of carbonyl (C=O) groups excluding carboxylic acids is 1. The quantitative estimate of drug-likeness (QED) is 0.836. The molecule has 20 heavy (non-hydrogen) atoms. The topological polar surface area (TPSA) is 64.3 Å². The zero-order valence-corrected chi connectivity index (χ0v) is 13.4. The minimum atomic E-state index is -0.481. The number of benzene rings is 1. The Morgan fingerprint density at radius 3 is 2.65 bits per heavy atom. The molecule has 0 fully saturated rings. The summed E-state index contributed by atoms with van der Waals surface area (Å²) < 4.78 is 6.35. The SMILES string of the molecule is Cc1sc(CNc2ccc(OCC(N)=O)cc2)cc1Br. The van der Waals surface area contributed by atoms with Crippen molar-refractivity contribution in [3.63, 3.8) is 0 Å². The summed E-state index contributed by atoms with van der Waals surface area (Å²) in [6.07, 6.45) is 0. The first-order chi connectivity index (χ1) is 9.54. The average molecular weight is 355 g/mol. The van der Waals surface area contributed by atoms with Gasteiger partial charge in [0, 0.05) is 26.5 Å². The highest BCUT2D eigenvalue weighted by Crippen LogP contribution is 2.27. The lowest BCUT2D eigenvalue weighted by Gasteiger charge is -2.07. The Balaban J connectivity index is 1.88. The van der Waals surface area contributed by atoms with Crippen LogP contribution < -0.4 is 15.8 Å². The van der Waals surface area contributed by atoms with Crippen molar-refractivity contribution in [2.24, 2.45) is 5.73 Å². The van der Waals surface area contributed by atoms with E-state index in [4.69, 9.17) is 10.5 Å². The number of amides is 1. The molecular weight excluding hydrogens is 340 g/mol. The van der Waals surface area contributed by atoms with Crippen LogP contribution in [0.5, 0.6) is 5.75 Å². The summed E-state index contributed by atoms with van der Waals surface area (Å²) in [5.41, 5.74) is 6.02. The molecule has 0 unspecified atom stereocenters. The molecule has 106 valence electrons. The molecule has 0 radical (unpaired) electrons. The largest absolute Gasteiger partial charge is 0.484 e. The minimum absolute atomic E-state index is 0.102. The Kier molecular flexibility index (Phi) is 5.03. The summed E-state index contributed by atoms with van der Waals surface area (Å²) in [5.74, 6) is 0.148. The number of nitrogens with two attached hydrogens (primary N) is 1. The van der Waals surface area contributed by atoms with E-state index in [2.05, 4.69) is 34.2 Å². The second-order valence-corrected chi connectivity index (χ2v) is 6.44. The summed E-state index contributed by atoms with van der Waals surface area (Å²) >= 11 is 5.27. The van der Waals surface area contributed by atoms with Crippen molar-refractivity contribution < 1.29 is 9.53 Å². The highest BCUT2D eigenvalue weighted by atomic mass is 79.9. The third-order valence-corrected chi connectivity index (χ3v) is 4.75. The predicted octanol–water partition coefficient (Wildman–Crippen LogP) is 3.30. The summed E-state index contributed by atoms with van der Waals surface area (Å²) in [7, 11) is 0. The molecule has 0 aliphatic carbocycles. The number of halogens is 1. The Morgan fingerprint density at radius 2 is 2.10 bits per heavy atom. The second-order valence-electron chi connectivity index (χ2n) is 4.25. The van der Waals surface area contributed by atoms with Gasteiger partial charge in [0.2, 0.25) is 0 Å². The molecule has 1 aromatic heterocycles. The number of hydrogen-bond donors (Lipinski definition) is 2. The monoisotopic (exact) mass is 354 g/mol. The van der Waals surface area contributed by atoms with Crippen LogP contribution in [0, 0.1) is 6.92 Å². The third-order valence-electron chi connectivity index (χ3n) is 2.61. The molecule has 6 heteroatoms. The van der Waals surface area contributed by atoms with Gasteiger partial charge in [-0.2, -0.15) is 0 Å². The van der Waals surface area contributed by atoms with E-state index >= 15 is 0 Å². The number of ether oxygens (including phenoxy) is 1. The van der Waals surface area contributed by atoms with Crippen LogP contribution in [-0.2, 0) is 11.3 Å². The first-order valence-corrected chi connectivity index (χ1v) is 7.65. The molecule has 0 aliphatic heterocycles. The van der Waals surface area contributed by atoms with Crippen molar-refractivity contribution in [2.75, 3.05) is 11.9 Å². The number of rotatable bonds is 6. The molecule has 2 rings (SSSR count). The summed E-state index contributed by atoms with van der Waals surface area (Å²) in [6.45, 7) is 2.76. The molecule has 1 aromatic carbocycles. The standard InChI is InChI=1S/C14H15BrN2O2S/c1-9-13(15)6-12(20-9)7-17-10-2-4-11(5-3-10)19-8-14(16)18/h2-6,17H,7-8H2,1H3,(H2,16,18). The van der Waals surface area contributed by atoms with Crippen molar-refractivity contribution in [2.45, 2.75) is 13.5 Å². The van der Waals surface area contributed by atoms with Crippen LogP contribution in [-0.4, -0.2) is 12.5 Å². The highest BCUT2D eigenvalue weighted by molar-refractivity contribution is 9.10. The lowest BCUT2D eigenvalue weighted by Crippen LogP contribution is -2.19. The van der Waals surface area contributed by atoms with E-state index in [1.807, 2.05) is 12.1 Å². The molecule has 0 bridgehead atoms. The molecule has 1 amide bonds. The number of aryl methyl sites for hydroxylation is 1. The predicted molar refractivity (Wildman–Crippen MR) is 85.2 cm³/mol. The van der Waals surface area contributed by atoms with Gasteiger partial charge in [-0.3, -0.25) is 4.79 Å². The van der Waals surface area contributed by atoms with Crippen molar-refractivity contribution in [3.8, 4) is 5.75 Å². The summed E-state index contributed by atoms with van der Waals surface area (Å²) in [6, 6.07) is 9.55. The molecule has 0 saturated carbocycles. The number of primary amides is 1. The average Bonchev–Trinajstić information content (AvgIpc) is 2.74. The van der Waals surface area contributed by atoms with Crippen LogP contribution in [0.15, 0.2) is 34.8 Å².